The smallest absolute Gasteiger partial charge is 0.306 e. The van der Waals surface area contributed by atoms with E-state index in [-0.39, 0.29) is 11.6 Å². The molecule has 4 nitrogen and oxygen atoms in total. The van der Waals surface area contributed by atoms with Crippen LogP contribution in [0.2, 0.25) is 0 Å². The van der Waals surface area contributed by atoms with E-state index in [4.69, 9.17) is 5.84 Å². The number of aromatic nitrogens is 2. The lowest BCUT2D eigenvalue weighted by atomic mass is 10.1. The topological polar surface area (TPSA) is 55.9 Å². The average molecular weight is 284 g/mol. The molecule has 1 aromatic carbocycles. The van der Waals surface area contributed by atoms with Crippen LogP contribution in [-0.2, 0) is 6.18 Å². The molecule has 0 spiro atoms. The van der Waals surface area contributed by atoms with Crippen LogP contribution >= 0.6 is 0 Å². The lowest BCUT2D eigenvalue weighted by Crippen LogP contribution is -2.15. The second-order valence-electron chi connectivity index (χ2n) is 5.06. The van der Waals surface area contributed by atoms with Crippen molar-refractivity contribution < 1.29 is 13.2 Å². The molecule has 0 atom stereocenters. The van der Waals surface area contributed by atoms with Gasteiger partial charge in [0, 0.05) is 6.04 Å². The van der Waals surface area contributed by atoms with Gasteiger partial charge >= 0.3 is 6.18 Å². The van der Waals surface area contributed by atoms with Crippen molar-refractivity contribution in [2.45, 2.75) is 37.9 Å². The standard InChI is InChI=1S/C13H15F3N4/c14-13(15,16)9-6-3-7-10-11(9)18-12(19-17)20(10)8-4-1-2-5-8/h3,6-8H,1-2,4-5,17H2,(H,18,19). The first kappa shape index (κ1) is 13.2. The van der Waals surface area contributed by atoms with Crippen molar-refractivity contribution in [3.05, 3.63) is 23.8 Å². The maximum atomic E-state index is 13.0. The van der Waals surface area contributed by atoms with E-state index >= 15 is 0 Å². The molecule has 0 unspecified atom stereocenters. The van der Waals surface area contributed by atoms with E-state index in [9.17, 15) is 13.2 Å². The fraction of sp³-hybridized carbons (Fsp3) is 0.462. The van der Waals surface area contributed by atoms with E-state index in [2.05, 4.69) is 10.4 Å². The van der Waals surface area contributed by atoms with E-state index in [1.54, 1.807) is 10.6 Å². The zero-order valence-corrected chi connectivity index (χ0v) is 10.7. The van der Waals surface area contributed by atoms with Gasteiger partial charge in [-0.2, -0.15) is 13.2 Å². The Kier molecular flexibility index (Phi) is 3.08. The summed E-state index contributed by atoms with van der Waals surface area (Å²) in [5, 5.41) is 0. The third-order valence-corrected chi connectivity index (χ3v) is 3.84. The van der Waals surface area contributed by atoms with Crippen molar-refractivity contribution in [1.82, 2.24) is 9.55 Å². The molecule has 7 heteroatoms. The van der Waals surface area contributed by atoms with E-state index in [1.165, 1.54) is 6.07 Å². The van der Waals surface area contributed by atoms with Crippen molar-refractivity contribution >= 4 is 17.0 Å². The molecule has 1 aliphatic carbocycles. The second-order valence-corrected chi connectivity index (χ2v) is 5.06. The summed E-state index contributed by atoms with van der Waals surface area (Å²) in [4.78, 5) is 4.05. The Bertz CT molecular complexity index is 626. The van der Waals surface area contributed by atoms with Crippen LogP contribution in [-0.4, -0.2) is 9.55 Å². The molecule has 2 aromatic rings. The Morgan fingerprint density at radius 3 is 2.55 bits per heavy atom. The number of hydrogen-bond donors (Lipinski definition) is 2. The molecule has 1 heterocycles. The Hall–Kier alpha value is -1.76. The summed E-state index contributed by atoms with van der Waals surface area (Å²) in [5.41, 5.74) is 2.15. The minimum atomic E-state index is -4.42. The molecule has 1 aromatic heterocycles. The van der Waals surface area contributed by atoms with Crippen molar-refractivity contribution in [3.8, 4) is 0 Å². The molecule has 1 fully saturated rings. The zero-order chi connectivity index (χ0) is 14.3. The summed E-state index contributed by atoms with van der Waals surface area (Å²) < 4.78 is 40.9. The van der Waals surface area contributed by atoms with Crippen LogP contribution < -0.4 is 11.3 Å². The molecule has 0 radical (unpaired) electrons. The number of anilines is 1. The highest BCUT2D eigenvalue weighted by Gasteiger charge is 2.35. The number of hydrogen-bond acceptors (Lipinski definition) is 3. The quantitative estimate of drug-likeness (QED) is 0.656. The number of fused-ring (bicyclic) bond motifs is 1. The van der Waals surface area contributed by atoms with E-state index < -0.39 is 11.7 Å². The van der Waals surface area contributed by atoms with Gasteiger partial charge in [-0.3, -0.25) is 5.43 Å². The van der Waals surface area contributed by atoms with Gasteiger partial charge in [-0.15, -0.1) is 0 Å². The van der Waals surface area contributed by atoms with Gasteiger partial charge in [0.25, 0.3) is 0 Å². The number of alkyl halides is 3. The average Bonchev–Trinajstić information content (AvgIpc) is 3.02. The van der Waals surface area contributed by atoms with Crippen molar-refractivity contribution in [1.29, 1.82) is 0 Å². The Morgan fingerprint density at radius 2 is 1.95 bits per heavy atom. The molecule has 0 saturated heterocycles. The van der Waals surface area contributed by atoms with Gasteiger partial charge in [0.1, 0.15) is 5.52 Å². The third-order valence-electron chi connectivity index (χ3n) is 3.84. The number of hydrazine groups is 1. The Balaban J connectivity index is 2.24. The first-order chi connectivity index (χ1) is 9.52. The lowest BCUT2D eigenvalue weighted by Gasteiger charge is -2.15. The summed E-state index contributed by atoms with van der Waals surface area (Å²) in [7, 11) is 0. The molecule has 1 aliphatic rings. The molecular weight excluding hydrogens is 269 g/mol. The second kappa shape index (κ2) is 4.66. The highest BCUT2D eigenvalue weighted by atomic mass is 19.4. The van der Waals surface area contributed by atoms with Gasteiger partial charge in [0.15, 0.2) is 0 Å². The number of para-hydroxylation sites is 1. The number of rotatable bonds is 2. The van der Waals surface area contributed by atoms with Gasteiger partial charge in [0.05, 0.1) is 11.1 Å². The van der Waals surface area contributed by atoms with E-state index in [0.29, 0.717) is 11.5 Å². The molecule has 0 amide bonds. The van der Waals surface area contributed by atoms with Gasteiger partial charge in [-0.25, -0.2) is 10.8 Å². The maximum absolute atomic E-state index is 13.0. The number of nitrogens with two attached hydrogens (primary N) is 1. The van der Waals surface area contributed by atoms with E-state index in [0.717, 1.165) is 31.7 Å². The summed E-state index contributed by atoms with van der Waals surface area (Å²) >= 11 is 0. The predicted octanol–water partition coefficient (Wildman–Crippen LogP) is 3.46. The first-order valence-corrected chi connectivity index (χ1v) is 6.57. The molecule has 0 aliphatic heterocycles. The highest BCUT2D eigenvalue weighted by molar-refractivity contribution is 5.82. The van der Waals surface area contributed by atoms with E-state index in [1.807, 2.05) is 0 Å². The Labute approximate surface area is 113 Å². The fourth-order valence-corrected chi connectivity index (χ4v) is 2.98. The SMILES string of the molecule is NNc1nc2c(C(F)(F)F)cccc2n1C1CCCC1. The van der Waals surface area contributed by atoms with Crippen LogP contribution in [0.15, 0.2) is 18.2 Å². The Morgan fingerprint density at radius 1 is 1.25 bits per heavy atom. The molecule has 3 rings (SSSR count). The van der Waals surface area contributed by atoms with Crippen molar-refractivity contribution in [2.24, 2.45) is 5.84 Å². The van der Waals surface area contributed by atoms with Crippen LogP contribution in [0, 0.1) is 0 Å². The zero-order valence-electron chi connectivity index (χ0n) is 10.7. The number of benzene rings is 1. The number of nitrogens with zero attached hydrogens (tertiary/aromatic N) is 2. The third kappa shape index (κ3) is 2.02. The van der Waals surface area contributed by atoms with Crippen LogP contribution in [0.4, 0.5) is 19.1 Å². The van der Waals surface area contributed by atoms with Gasteiger partial charge in [-0.1, -0.05) is 18.9 Å². The van der Waals surface area contributed by atoms with Crippen LogP contribution in [0.3, 0.4) is 0 Å². The van der Waals surface area contributed by atoms with Crippen LogP contribution in [0.5, 0.6) is 0 Å². The fourth-order valence-electron chi connectivity index (χ4n) is 2.98. The van der Waals surface area contributed by atoms with Crippen LogP contribution in [0.25, 0.3) is 11.0 Å². The monoisotopic (exact) mass is 284 g/mol. The number of nitrogens with one attached hydrogen (secondary N) is 1. The normalized spacial score (nSPS) is 17.0. The summed E-state index contributed by atoms with van der Waals surface area (Å²) in [6.45, 7) is 0. The maximum Gasteiger partial charge on any atom is 0.418 e. The lowest BCUT2D eigenvalue weighted by molar-refractivity contribution is -0.136. The largest absolute Gasteiger partial charge is 0.418 e. The minimum Gasteiger partial charge on any atom is -0.306 e. The van der Waals surface area contributed by atoms with Crippen LogP contribution in [0.1, 0.15) is 37.3 Å². The summed E-state index contributed by atoms with van der Waals surface area (Å²) in [6.07, 6.45) is -0.381. The van der Waals surface area contributed by atoms with Gasteiger partial charge in [-0.05, 0) is 25.0 Å². The van der Waals surface area contributed by atoms with Gasteiger partial charge in [0.2, 0.25) is 5.95 Å². The number of imidazole rings is 1. The number of nitrogen functional groups attached to an aromatic ring is 1. The predicted molar refractivity (Wildman–Crippen MR) is 70.1 cm³/mol. The molecule has 20 heavy (non-hydrogen) atoms. The first-order valence-electron chi connectivity index (χ1n) is 6.57. The van der Waals surface area contributed by atoms with Crippen molar-refractivity contribution in [2.75, 3.05) is 5.43 Å². The molecule has 3 N–H and O–H groups in total. The summed E-state index contributed by atoms with van der Waals surface area (Å²) in [6, 6.07) is 4.29. The molecule has 0 bridgehead atoms. The highest BCUT2D eigenvalue weighted by Crippen LogP contribution is 2.39. The minimum absolute atomic E-state index is 0.0418. The molecule has 108 valence electrons. The number of halogens is 3. The molecular formula is C13H15F3N4. The van der Waals surface area contributed by atoms with Gasteiger partial charge < -0.3 is 4.57 Å². The van der Waals surface area contributed by atoms with Crippen molar-refractivity contribution in [3.63, 3.8) is 0 Å². The summed E-state index contributed by atoms with van der Waals surface area (Å²) in [5.74, 6) is 5.72. The molecule has 1 saturated carbocycles.